The van der Waals surface area contributed by atoms with E-state index < -0.39 is 10.8 Å². The number of nitrogens with zero attached hydrogens (tertiary/aromatic N) is 2. The van der Waals surface area contributed by atoms with Gasteiger partial charge in [-0.1, -0.05) is 0 Å². The standard InChI is InChI=1S/C7H13N3O4/c1-13-7(14-2)4-3-6(8-5-7)9-10(11)12/h3-5H2,1-2H3,(H,8,9). The Bertz CT molecular complexity index is 237. The lowest BCUT2D eigenvalue weighted by Crippen LogP contribution is -2.50. The largest absolute Gasteiger partial charge is 0.363 e. The number of methoxy groups -OCH3 is 2. The molecule has 1 rings (SSSR count). The molecule has 1 fully saturated rings. The summed E-state index contributed by atoms with van der Waals surface area (Å²) >= 11 is 0. The van der Waals surface area contributed by atoms with Gasteiger partial charge >= 0.3 is 0 Å². The first-order valence-corrected chi connectivity index (χ1v) is 4.18. The molecule has 7 nitrogen and oxygen atoms in total. The van der Waals surface area contributed by atoms with Crippen molar-refractivity contribution < 1.29 is 14.5 Å². The first kappa shape index (κ1) is 10.9. The third-order valence-corrected chi connectivity index (χ3v) is 2.25. The lowest BCUT2D eigenvalue weighted by atomic mass is 10.1. The van der Waals surface area contributed by atoms with Crippen molar-refractivity contribution in [1.29, 1.82) is 0 Å². The number of ether oxygens (including phenoxy) is 2. The van der Waals surface area contributed by atoms with E-state index in [1.54, 1.807) is 14.2 Å². The van der Waals surface area contributed by atoms with Crippen LogP contribution in [0.25, 0.3) is 0 Å². The number of nitrogens with one attached hydrogen (secondary N) is 1. The Morgan fingerprint density at radius 1 is 1.57 bits per heavy atom. The van der Waals surface area contributed by atoms with E-state index in [-0.39, 0.29) is 0 Å². The zero-order chi connectivity index (χ0) is 10.6. The van der Waals surface area contributed by atoms with Crippen LogP contribution in [0.1, 0.15) is 12.8 Å². The van der Waals surface area contributed by atoms with Crippen LogP contribution in [-0.4, -0.2) is 37.4 Å². The van der Waals surface area contributed by atoms with Gasteiger partial charge in [-0.05, 0) is 0 Å². The number of hydrogen-bond acceptors (Lipinski definition) is 4. The molecule has 14 heavy (non-hydrogen) atoms. The third-order valence-electron chi connectivity index (χ3n) is 2.25. The molecule has 80 valence electrons. The Kier molecular flexibility index (Phi) is 3.37. The lowest BCUT2D eigenvalue weighted by Gasteiger charge is -2.34. The summed E-state index contributed by atoms with van der Waals surface area (Å²) in [4.78, 5) is 10.1. The van der Waals surface area contributed by atoms with Gasteiger partial charge in [0.1, 0.15) is 0 Å². The van der Waals surface area contributed by atoms with Crippen molar-refractivity contribution in [2.24, 2.45) is 5.10 Å². The van der Waals surface area contributed by atoms with Gasteiger partial charge in [0.25, 0.3) is 0 Å². The minimum atomic E-state index is -0.713. The average Bonchev–Trinajstić information content (AvgIpc) is 2.19. The van der Waals surface area contributed by atoms with E-state index in [4.69, 9.17) is 9.47 Å². The highest BCUT2D eigenvalue weighted by atomic mass is 16.7. The summed E-state index contributed by atoms with van der Waals surface area (Å²) in [6.07, 6.45) is 1.00. The lowest BCUT2D eigenvalue weighted by molar-refractivity contribution is -0.485. The molecular formula is C7H13N3O4. The number of nitro groups is 1. The number of hydrazone groups is 1. The first-order valence-electron chi connectivity index (χ1n) is 4.18. The Hall–Kier alpha value is -1.21. The van der Waals surface area contributed by atoms with E-state index >= 15 is 0 Å². The molecule has 1 heterocycles. The van der Waals surface area contributed by atoms with Gasteiger partial charge in [-0.25, -0.2) is 10.1 Å². The molecule has 1 saturated heterocycles. The maximum absolute atomic E-state index is 10.1. The quantitative estimate of drug-likeness (QED) is 0.395. The SMILES string of the molecule is COC1(OC)CCC(=N[N+](=O)[O-])NC1. The van der Waals surface area contributed by atoms with Crippen LogP contribution in [0.4, 0.5) is 0 Å². The summed E-state index contributed by atoms with van der Waals surface area (Å²) in [6.45, 7) is 0.368. The van der Waals surface area contributed by atoms with E-state index in [9.17, 15) is 10.1 Å². The summed E-state index contributed by atoms with van der Waals surface area (Å²) in [5, 5.41) is 15.4. The number of piperidine rings is 1. The maximum Gasteiger partial charge on any atom is 0.192 e. The Balaban J connectivity index is 2.57. The van der Waals surface area contributed by atoms with E-state index in [0.717, 1.165) is 0 Å². The van der Waals surface area contributed by atoms with Crippen LogP contribution in [0.3, 0.4) is 0 Å². The molecule has 0 aromatic heterocycles. The molecule has 0 aliphatic carbocycles. The second kappa shape index (κ2) is 4.34. The highest BCUT2D eigenvalue weighted by molar-refractivity contribution is 5.82. The molecular weight excluding hydrogens is 190 g/mol. The van der Waals surface area contributed by atoms with E-state index in [2.05, 4.69) is 10.4 Å². The molecule has 0 radical (unpaired) electrons. The summed E-state index contributed by atoms with van der Waals surface area (Å²) in [5.41, 5.74) is 0. The molecule has 0 atom stereocenters. The molecule has 0 unspecified atom stereocenters. The molecule has 1 N–H and O–H groups in total. The van der Waals surface area contributed by atoms with Gasteiger partial charge in [0, 0.05) is 27.1 Å². The Labute approximate surface area is 81.2 Å². The van der Waals surface area contributed by atoms with Crippen molar-refractivity contribution in [2.45, 2.75) is 18.6 Å². The van der Waals surface area contributed by atoms with Gasteiger partial charge in [-0.2, -0.15) is 0 Å². The number of amidine groups is 1. The van der Waals surface area contributed by atoms with Crippen LogP contribution in [0, 0.1) is 10.1 Å². The summed E-state index contributed by atoms with van der Waals surface area (Å²) < 4.78 is 10.3. The second-order valence-electron chi connectivity index (χ2n) is 2.96. The van der Waals surface area contributed by atoms with Gasteiger partial charge in [0.15, 0.2) is 16.7 Å². The van der Waals surface area contributed by atoms with Gasteiger partial charge in [-0.3, -0.25) is 0 Å². The van der Waals surface area contributed by atoms with Crippen molar-refractivity contribution in [3.63, 3.8) is 0 Å². The van der Waals surface area contributed by atoms with Crippen LogP contribution >= 0.6 is 0 Å². The second-order valence-corrected chi connectivity index (χ2v) is 2.96. The van der Waals surface area contributed by atoms with Crippen LogP contribution < -0.4 is 5.32 Å². The molecule has 0 aromatic rings. The summed E-state index contributed by atoms with van der Waals surface area (Å²) in [7, 11) is 3.08. The van der Waals surface area contributed by atoms with Crippen molar-refractivity contribution in [2.75, 3.05) is 20.8 Å². The van der Waals surface area contributed by atoms with Gasteiger partial charge in [0.05, 0.1) is 11.6 Å². The summed E-state index contributed by atoms with van der Waals surface area (Å²) in [6, 6.07) is 0. The maximum atomic E-state index is 10.1. The Morgan fingerprint density at radius 3 is 2.57 bits per heavy atom. The summed E-state index contributed by atoms with van der Waals surface area (Å²) in [5.74, 6) is -0.324. The smallest absolute Gasteiger partial charge is 0.192 e. The monoisotopic (exact) mass is 203 g/mol. The number of rotatable bonds is 3. The first-order chi connectivity index (χ1) is 6.62. The molecule has 0 bridgehead atoms. The Morgan fingerprint density at radius 2 is 2.21 bits per heavy atom. The van der Waals surface area contributed by atoms with Gasteiger partial charge in [-0.15, -0.1) is 0 Å². The van der Waals surface area contributed by atoms with Crippen molar-refractivity contribution in [1.82, 2.24) is 5.32 Å². The zero-order valence-electron chi connectivity index (χ0n) is 8.15. The average molecular weight is 203 g/mol. The molecule has 1 aliphatic heterocycles. The predicted octanol–water partition coefficient (Wildman–Crippen LogP) is -0.0509. The molecule has 7 heteroatoms. The van der Waals surface area contributed by atoms with Gasteiger partial charge in [0.2, 0.25) is 0 Å². The fraction of sp³-hybridized carbons (Fsp3) is 0.857. The molecule has 0 amide bonds. The van der Waals surface area contributed by atoms with Crippen molar-refractivity contribution in [3.05, 3.63) is 10.1 Å². The fourth-order valence-electron chi connectivity index (χ4n) is 1.34. The van der Waals surface area contributed by atoms with Gasteiger partial charge < -0.3 is 14.8 Å². The van der Waals surface area contributed by atoms with Crippen LogP contribution in [0.15, 0.2) is 5.10 Å². The topological polar surface area (TPSA) is 86.0 Å². The highest BCUT2D eigenvalue weighted by Crippen LogP contribution is 2.21. The minimum Gasteiger partial charge on any atom is -0.363 e. The van der Waals surface area contributed by atoms with E-state index in [0.29, 0.717) is 25.2 Å². The normalized spacial score (nSPS) is 23.1. The van der Waals surface area contributed by atoms with Crippen LogP contribution in [0.5, 0.6) is 0 Å². The third kappa shape index (κ3) is 2.39. The zero-order valence-corrected chi connectivity index (χ0v) is 8.15. The number of hydrogen-bond donors (Lipinski definition) is 1. The fourth-order valence-corrected chi connectivity index (χ4v) is 1.34. The van der Waals surface area contributed by atoms with Crippen LogP contribution in [-0.2, 0) is 9.47 Å². The molecule has 0 spiro atoms. The molecule has 1 aliphatic rings. The molecule has 0 aromatic carbocycles. The van der Waals surface area contributed by atoms with E-state index in [1.165, 1.54) is 0 Å². The molecule has 0 saturated carbocycles. The van der Waals surface area contributed by atoms with E-state index in [1.807, 2.05) is 0 Å². The van der Waals surface area contributed by atoms with Crippen molar-refractivity contribution >= 4 is 5.84 Å². The predicted molar refractivity (Wildman–Crippen MR) is 48.4 cm³/mol. The van der Waals surface area contributed by atoms with Crippen molar-refractivity contribution in [3.8, 4) is 0 Å². The minimum absolute atomic E-state index is 0.361. The highest BCUT2D eigenvalue weighted by Gasteiger charge is 2.34. The van der Waals surface area contributed by atoms with Crippen LogP contribution in [0.2, 0.25) is 0 Å².